The maximum absolute atomic E-state index is 8.75. The van der Waals surface area contributed by atoms with Gasteiger partial charge in [0.05, 0.1) is 19.8 Å². The van der Waals surface area contributed by atoms with E-state index in [-0.39, 0.29) is 0 Å². The first-order chi connectivity index (χ1) is 7.88. The van der Waals surface area contributed by atoms with Crippen molar-refractivity contribution >= 4 is 0 Å². The van der Waals surface area contributed by atoms with Crippen molar-refractivity contribution in [2.24, 2.45) is 0 Å². The van der Waals surface area contributed by atoms with Crippen LogP contribution in [-0.4, -0.2) is 38.5 Å². The Morgan fingerprint density at radius 1 is 1.31 bits per heavy atom. The molecular weight excluding hydrogens is 208 g/mol. The lowest BCUT2D eigenvalue weighted by atomic mass is 10.3. The van der Waals surface area contributed by atoms with E-state index in [0.717, 1.165) is 0 Å². The van der Waals surface area contributed by atoms with Crippen molar-refractivity contribution < 1.29 is 14.2 Å². The van der Waals surface area contributed by atoms with Crippen molar-refractivity contribution in [2.75, 3.05) is 33.5 Å². The van der Waals surface area contributed by atoms with Gasteiger partial charge in [0.15, 0.2) is 11.4 Å². The molecule has 0 bridgehead atoms. The first kappa shape index (κ1) is 12.4. The molecule has 0 saturated carbocycles. The van der Waals surface area contributed by atoms with E-state index in [4.69, 9.17) is 19.5 Å². The van der Waals surface area contributed by atoms with E-state index in [1.807, 2.05) is 6.07 Å². The van der Waals surface area contributed by atoms with Crippen molar-refractivity contribution in [1.82, 2.24) is 4.98 Å². The monoisotopic (exact) mass is 222 g/mol. The molecule has 5 heteroatoms. The van der Waals surface area contributed by atoms with E-state index in [9.17, 15) is 0 Å². The van der Waals surface area contributed by atoms with Crippen LogP contribution in [0.2, 0.25) is 0 Å². The molecule has 0 radical (unpaired) electrons. The van der Waals surface area contributed by atoms with E-state index in [1.165, 1.54) is 0 Å². The molecule has 5 nitrogen and oxygen atoms in total. The van der Waals surface area contributed by atoms with Crippen LogP contribution in [0.15, 0.2) is 18.3 Å². The molecule has 0 saturated heterocycles. The first-order valence-electron chi connectivity index (χ1n) is 4.93. The van der Waals surface area contributed by atoms with Gasteiger partial charge >= 0.3 is 0 Å². The van der Waals surface area contributed by atoms with Crippen LogP contribution >= 0.6 is 0 Å². The summed E-state index contributed by atoms with van der Waals surface area (Å²) in [5.41, 5.74) is 0.291. The van der Waals surface area contributed by atoms with Gasteiger partial charge in [-0.25, -0.2) is 4.98 Å². The fourth-order valence-corrected chi connectivity index (χ4v) is 1.05. The van der Waals surface area contributed by atoms with E-state index in [0.29, 0.717) is 37.9 Å². The Morgan fingerprint density at radius 2 is 2.12 bits per heavy atom. The first-order valence-corrected chi connectivity index (χ1v) is 4.93. The number of methoxy groups -OCH3 is 1. The molecule has 16 heavy (non-hydrogen) atoms. The Labute approximate surface area is 94.6 Å². The Kier molecular flexibility index (Phi) is 5.92. The number of rotatable bonds is 7. The normalized spacial score (nSPS) is 9.75. The summed E-state index contributed by atoms with van der Waals surface area (Å²) in [4.78, 5) is 3.88. The molecule has 0 unspecified atom stereocenters. The SMILES string of the molecule is COCCOCCOc1cccnc1C#N. The third-order valence-corrected chi connectivity index (χ3v) is 1.79. The summed E-state index contributed by atoms with van der Waals surface area (Å²) in [5, 5.41) is 8.75. The van der Waals surface area contributed by atoms with Gasteiger partial charge in [0.25, 0.3) is 0 Å². The minimum atomic E-state index is 0.291. The standard InChI is InChI=1S/C11H14N2O3/c1-14-5-6-15-7-8-16-11-3-2-4-13-10(11)9-12/h2-4H,5-8H2,1H3. The third kappa shape index (κ3) is 4.26. The van der Waals surface area contributed by atoms with Crippen molar-refractivity contribution in [1.29, 1.82) is 5.26 Å². The molecule has 0 spiro atoms. The maximum atomic E-state index is 8.75. The molecule has 0 atom stereocenters. The predicted octanol–water partition coefficient (Wildman–Crippen LogP) is 0.995. The third-order valence-electron chi connectivity index (χ3n) is 1.79. The molecule has 1 rings (SSSR count). The van der Waals surface area contributed by atoms with E-state index >= 15 is 0 Å². The average Bonchev–Trinajstić information content (AvgIpc) is 2.34. The number of aromatic nitrogens is 1. The van der Waals surface area contributed by atoms with Crippen LogP contribution in [0.25, 0.3) is 0 Å². The Morgan fingerprint density at radius 3 is 2.88 bits per heavy atom. The second-order valence-electron chi connectivity index (χ2n) is 2.92. The fourth-order valence-electron chi connectivity index (χ4n) is 1.05. The van der Waals surface area contributed by atoms with Crippen LogP contribution in [-0.2, 0) is 9.47 Å². The highest BCUT2D eigenvalue weighted by Crippen LogP contribution is 2.13. The van der Waals surface area contributed by atoms with Crippen LogP contribution in [0.3, 0.4) is 0 Å². The van der Waals surface area contributed by atoms with Crippen molar-refractivity contribution in [2.45, 2.75) is 0 Å². The number of nitrogens with zero attached hydrogens (tertiary/aromatic N) is 2. The maximum Gasteiger partial charge on any atom is 0.182 e. The minimum Gasteiger partial charge on any atom is -0.488 e. The molecule has 1 heterocycles. The minimum absolute atomic E-state index is 0.291. The molecule has 1 aromatic heterocycles. The Bertz CT molecular complexity index is 349. The zero-order chi connectivity index (χ0) is 11.6. The number of ether oxygens (including phenoxy) is 3. The summed E-state index contributed by atoms with van der Waals surface area (Å²) in [6.07, 6.45) is 1.56. The summed E-state index contributed by atoms with van der Waals surface area (Å²) >= 11 is 0. The molecule has 86 valence electrons. The zero-order valence-corrected chi connectivity index (χ0v) is 9.18. The smallest absolute Gasteiger partial charge is 0.182 e. The molecule has 0 aliphatic carbocycles. The summed E-state index contributed by atoms with van der Waals surface area (Å²) in [6.45, 7) is 1.96. The van der Waals surface area contributed by atoms with Crippen LogP contribution in [0, 0.1) is 11.3 Å². The van der Waals surface area contributed by atoms with Crippen LogP contribution < -0.4 is 4.74 Å². The Balaban J connectivity index is 2.24. The van der Waals surface area contributed by atoms with Gasteiger partial charge < -0.3 is 14.2 Å². The molecule has 0 amide bonds. The fraction of sp³-hybridized carbons (Fsp3) is 0.455. The lowest BCUT2D eigenvalue weighted by Crippen LogP contribution is -2.10. The summed E-state index contributed by atoms with van der Waals surface area (Å²) in [6, 6.07) is 5.39. The Hall–Kier alpha value is -1.64. The molecule has 0 aliphatic rings. The molecular formula is C11H14N2O3. The van der Waals surface area contributed by atoms with Gasteiger partial charge in [-0.2, -0.15) is 5.26 Å². The highest BCUT2D eigenvalue weighted by atomic mass is 16.5. The van der Waals surface area contributed by atoms with E-state index in [1.54, 1.807) is 25.4 Å². The largest absolute Gasteiger partial charge is 0.488 e. The van der Waals surface area contributed by atoms with E-state index < -0.39 is 0 Å². The average molecular weight is 222 g/mol. The number of pyridine rings is 1. The summed E-state index contributed by atoms with van der Waals surface area (Å²) in [5.74, 6) is 0.486. The molecule has 0 N–H and O–H groups in total. The molecule has 0 aliphatic heterocycles. The topological polar surface area (TPSA) is 64.4 Å². The van der Waals surface area contributed by atoms with Crippen molar-refractivity contribution in [3.8, 4) is 11.8 Å². The number of hydrogen-bond donors (Lipinski definition) is 0. The molecule has 1 aromatic rings. The summed E-state index contributed by atoms with van der Waals surface area (Å²) in [7, 11) is 1.62. The molecule has 0 fully saturated rings. The molecule has 0 aromatic carbocycles. The quantitative estimate of drug-likeness (QED) is 0.644. The number of nitriles is 1. The van der Waals surface area contributed by atoms with Gasteiger partial charge in [-0.05, 0) is 12.1 Å². The summed E-state index contributed by atoms with van der Waals surface area (Å²) < 4.78 is 15.4. The number of hydrogen-bond acceptors (Lipinski definition) is 5. The van der Waals surface area contributed by atoms with Gasteiger partial charge in [-0.1, -0.05) is 0 Å². The van der Waals surface area contributed by atoms with Crippen LogP contribution in [0.1, 0.15) is 5.69 Å². The second-order valence-corrected chi connectivity index (χ2v) is 2.92. The van der Waals surface area contributed by atoms with E-state index in [2.05, 4.69) is 4.98 Å². The van der Waals surface area contributed by atoms with Gasteiger partial charge in [-0.3, -0.25) is 0 Å². The van der Waals surface area contributed by atoms with Crippen molar-refractivity contribution in [3.63, 3.8) is 0 Å². The highest BCUT2D eigenvalue weighted by Gasteiger charge is 2.02. The van der Waals surface area contributed by atoms with Gasteiger partial charge in [0, 0.05) is 13.3 Å². The predicted molar refractivity (Wildman–Crippen MR) is 57.1 cm³/mol. The van der Waals surface area contributed by atoms with Gasteiger partial charge in [0.2, 0.25) is 0 Å². The zero-order valence-electron chi connectivity index (χ0n) is 9.18. The van der Waals surface area contributed by atoms with Gasteiger partial charge in [-0.15, -0.1) is 0 Å². The lowest BCUT2D eigenvalue weighted by molar-refractivity contribution is 0.0543. The van der Waals surface area contributed by atoms with Crippen LogP contribution in [0.4, 0.5) is 0 Å². The van der Waals surface area contributed by atoms with Gasteiger partial charge in [0.1, 0.15) is 12.7 Å². The highest BCUT2D eigenvalue weighted by molar-refractivity contribution is 5.36. The van der Waals surface area contributed by atoms with Crippen LogP contribution in [0.5, 0.6) is 5.75 Å². The van der Waals surface area contributed by atoms with Crippen molar-refractivity contribution in [3.05, 3.63) is 24.0 Å². The second kappa shape index (κ2) is 7.63. The lowest BCUT2D eigenvalue weighted by Gasteiger charge is -2.07.